The molecule has 0 aromatic heterocycles. The second kappa shape index (κ2) is 3.36. The Bertz CT molecular complexity index is 61.5. The van der Waals surface area contributed by atoms with Crippen molar-refractivity contribution in [1.82, 2.24) is 5.32 Å². The number of nitrogens with one attached hydrogen (secondary N) is 1. The normalized spacial score (nSPS) is 20.6. The third-order valence-electron chi connectivity index (χ3n) is 1.30. The molecule has 0 radical (unpaired) electrons. The summed E-state index contributed by atoms with van der Waals surface area (Å²) in [6, 6.07) is 0. The number of thioether (sulfide) groups is 1. The summed E-state index contributed by atoms with van der Waals surface area (Å²) in [6.07, 6.45) is 1.32. The molecule has 1 heterocycles. The predicted molar refractivity (Wildman–Crippen MR) is 39.4 cm³/mol. The third kappa shape index (κ3) is 1.67. The van der Waals surface area contributed by atoms with Gasteiger partial charge in [-0.2, -0.15) is 11.8 Å². The summed E-state index contributed by atoms with van der Waals surface area (Å²) >= 11 is 2.10. The molecule has 2 heteroatoms. The smallest absolute Gasteiger partial charge is 0.0297 e. The fourth-order valence-electron chi connectivity index (χ4n) is 0.665. The molecule has 0 spiro atoms. The van der Waals surface area contributed by atoms with Gasteiger partial charge in [-0.25, -0.2) is 0 Å². The lowest BCUT2D eigenvalue weighted by molar-refractivity contribution is 0.543. The Balaban J connectivity index is 1.86. The maximum Gasteiger partial charge on any atom is 0.0297 e. The fraction of sp³-hybridized carbons (Fsp3) is 1.00. The van der Waals surface area contributed by atoms with Crippen LogP contribution in [0.3, 0.4) is 0 Å². The van der Waals surface area contributed by atoms with Gasteiger partial charge < -0.3 is 5.32 Å². The summed E-state index contributed by atoms with van der Waals surface area (Å²) < 4.78 is 0. The van der Waals surface area contributed by atoms with E-state index in [1.807, 2.05) is 0 Å². The van der Waals surface area contributed by atoms with E-state index in [1.165, 1.54) is 25.3 Å². The van der Waals surface area contributed by atoms with Gasteiger partial charge in [-0.1, -0.05) is 6.92 Å². The van der Waals surface area contributed by atoms with Gasteiger partial charge in [0, 0.05) is 18.3 Å². The van der Waals surface area contributed by atoms with Gasteiger partial charge in [-0.3, -0.25) is 0 Å². The molecule has 48 valence electrons. The standard InChI is InChI=1S/C6H13NS/c1-2-3-8-6-4-7-5-6/h6-7H,2-5H2,1H3. The minimum atomic E-state index is 0.940. The molecule has 1 N–H and O–H groups in total. The fourth-order valence-corrected chi connectivity index (χ4v) is 1.70. The maximum absolute atomic E-state index is 3.25. The van der Waals surface area contributed by atoms with Crippen LogP contribution < -0.4 is 5.32 Å². The van der Waals surface area contributed by atoms with Crippen LogP contribution in [0.4, 0.5) is 0 Å². The summed E-state index contributed by atoms with van der Waals surface area (Å²) in [5.74, 6) is 1.34. The van der Waals surface area contributed by atoms with Gasteiger partial charge in [0.25, 0.3) is 0 Å². The zero-order valence-corrected chi connectivity index (χ0v) is 6.13. The quantitative estimate of drug-likeness (QED) is 0.615. The van der Waals surface area contributed by atoms with Gasteiger partial charge in [0.1, 0.15) is 0 Å². The number of rotatable bonds is 3. The molecule has 0 saturated carbocycles. The minimum absolute atomic E-state index is 0.940. The van der Waals surface area contributed by atoms with E-state index in [-0.39, 0.29) is 0 Å². The average Bonchev–Trinajstić information content (AvgIpc) is 1.63. The Morgan fingerprint density at radius 1 is 1.62 bits per heavy atom. The molecule has 0 atom stereocenters. The van der Waals surface area contributed by atoms with Gasteiger partial charge >= 0.3 is 0 Å². The summed E-state index contributed by atoms with van der Waals surface area (Å²) in [6.45, 7) is 4.72. The molecule has 1 saturated heterocycles. The van der Waals surface area contributed by atoms with Crippen LogP contribution in [-0.4, -0.2) is 24.1 Å². The predicted octanol–water partition coefficient (Wildman–Crippen LogP) is 1.10. The van der Waals surface area contributed by atoms with Crippen LogP contribution in [0.2, 0.25) is 0 Å². The van der Waals surface area contributed by atoms with Crippen molar-refractivity contribution in [2.45, 2.75) is 18.6 Å². The summed E-state index contributed by atoms with van der Waals surface area (Å²) in [5, 5.41) is 4.19. The molecule has 1 nitrogen and oxygen atoms in total. The van der Waals surface area contributed by atoms with E-state index in [2.05, 4.69) is 24.0 Å². The van der Waals surface area contributed by atoms with Crippen molar-refractivity contribution in [3.05, 3.63) is 0 Å². The molecule has 1 aliphatic heterocycles. The van der Waals surface area contributed by atoms with Crippen LogP contribution >= 0.6 is 11.8 Å². The van der Waals surface area contributed by atoms with E-state index < -0.39 is 0 Å². The largest absolute Gasteiger partial charge is 0.314 e. The molecule has 1 rings (SSSR count). The Morgan fingerprint density at radius 3 is 2.75 bits per heavy atom. The molecule has 1 aliphatic rings. The van der Waals surface area contributed by atoms with E-state index >= 15 is 0 Å². The van der Waals surface area contributed by atoms with Crippen molar-refractivity contribution >= 4 is 11.8 Å². The van der Waals surface area contributed by atoms with Crippen molar-refractivity contribution in [1.29, 1.82) is 0 Å². The highest BCUT2D eigenvalue weighted by atomic mass is 32.2. The van der Waals surface area contributed by atoms with E-state index in [9.17, 15) is 0 Å². The SMILES string of the molecule is CCCSC1CNC1. The lowest BCUT2D eigenvalue weighted by Gasteiger charge is -2.25. The van der Waals surface area contributed by atoms with Crippen LogP contribution in [0.5, 0.6) is 0 Å². The summed E-state index contributed by atoms with van der Waals surface area (Å²) in [5.41, 5.74) is 0. The van der Waals surface area contributed by atoms with E-state index in [0.717, 1.165) is 5.25 Å². The molecule has 0 unspecified atom stereocenters. The second-order valence-corrected chi connectivity index (χ2v) is 3.56. The molecular formula is C6H13NS. The van der Waals surface area contributed by atoms with Gasteiger partial charge in [0.15, 0.2) is 0 Å². The molecule has 8 heavy (non-hydrogen) atoms. The first kappa shape index (κ1) is 6.43. The average molecular weight is 131 g/mol. The Hall–Kier alpha value is 0.310. The minimum Gasteiger partial charge on any atom is -0.314 e. The zero-order chi connectivity index (χ0) is 5.82. The highest BCUT2D eigenvalue weighted by Gasteiger charge is 2.15. The third-order valence-corrected chi connectivity index (χ3v) is 2.75. The highest BCUT2D eigenvalue weighted by Crippen LogP contribution is 2.14. The van der Waals surface area contributed by atoms with Gasteiger partial charge in [-0.15, -0.1) is 0 Å². The van der Waals surface area contributed by atoms with Crippen molar-refractivity contribution in [3.8, 4) is 0 Å². The van der Waals surface area contributed by atoms with Crippen LogP contribution in [0.15, 0.2) is 0 Å². The van der Waals surface area contributed by atoms with E-state index in [1.54, 1.807) is 0 Å². The van der Waals surface area contributed by atoms with Crippen molar-refractivity contribution in [2.75, 3.05) is 18.8 Å². The first-order valence-electron chi connectivity index (χ1n) is 3.26. The van der Waals surface area contributed by atoms with Crippen LogP contribution in [0.1, 0.15) is 13.3 Å². The number of hydrogen-bond acceptors (Lipinski definition) is 2. The van der Waals surface area contributed by atoms with Gasteiger partial charge in [0.05, 0.1) is 0 Å². The van der Waals surface area contributed by atoms with Crippen LogP contribution in [0.25, 0.3) is 0 Å². The number of hydrogen-bond donors (Lipinski definition) is 1. The molecule has 0 amide bonds. The van der Waals surface area contributed by atoms with E-state index in [0.29, 0.717) is 0 Å². The molecule has 0 aromatic rings. The molecule has 0 aromatic carbocycles. The highest BCUT2D eigenvalue weighted by molar-refractivity contribution is 8.00. The van der Waals surface area contributed by atoms with Gasteiger partial charge in [-0.05, 0) is 12.2 Å². The molecule has 0 bridgehead atoms. The topological polar surface area (TPSA) is 12.0 Å². The van der Waals surface area contributed by atoms with Crippen molar-refractivity contribution in [3.63, 3.8) is 0 Å². The van der Waals surface area contributed by atoms with Crippen molar-refractivity contribution < 1.29 is 0 Å². The summed E-state index contributed by atoms with van der Waals surface area (Å²) in [4.78, 5) is 0. The van der Waals surface area contributed by atoms with Crippen molar-refractivity contribution in [2.24, 2.45) is 0 Å². The first-order valence-corrected chi connectivity index (χ1v) is 4.30. The lowest BCUT2D eigenvalue weighted by Crippen LogP contribution is -2.44. The van der Waals surface area contributed by atoms with Crippen LogP contribution in [-0.2, 0) is 0 Å². The Morgan fingerprint density at radius 2 is 2.38 bits per heavy atom. The zero-order valence-electron chi connectivity index (χ0n) is 5.31. The summed E-state index contributed by atoms with van der Waals surface area (Å²) in [7, 11) is 0. The molecular weight excluding hydrogens is 118 g/mol. The monoisotopic (exact) mass is 131 g/mol. The Kier molecular flexibility index (Phi) is 2.70. The Labute approximate surface area is 55.2 Å². The first-order chi connectivity index (χ1) is 3.93. The second-order valence-electron chi connectivity index (χ2n) is 2.15. The molecule has 1 fully saturated rings. The maximum atomic E-state index is 3.25. The van der Waals surface area contributed by atoms with Gasteiger partial charge in [0.2, 0.25) is 0 Å². The van der Waals surface area contributed by atoms with E-state index in [4.69, 9.17) is 0 Å². The van der Waals surface area contributed by atoms with Crippen LogP contribution in [0, 0.1) is 0 Å². The lowest BCUT2D eigenvalue weighted by atomic mass is 10.3. The molecule has 0 aliphatic carbocycles.